The van der Waals surface area contributed by atoms with E-state index in [9.17, 15) is 22.8 Å². The van der Waals surface area contributed by atoms with Gasteiger partial charge in [-0.15, -0.1) is 0 Å². The van der Waals surface area contributed by atoms with Gasteiger partial charge >= 0.3 is 12.1 Å². The number of hydrogen-bond donors (Lipinski definition) is 2. The molecule has 0 bridgehead atoms. The first-order valence-corrected chi connectivity index (χ1v) is 8.68. The maximum atomic E-state index is 12.9. The van der Waals surface area contributed by atoms with Crippen molar-refractivity contribution in [2.75, 3.05) is 11.1 Å². The van der Waals surface area contributed by atoms with Crippen LogP contribution in [0.5, 0.6) is 0 Å². The molecule has 3 N–H and O–H groups in total. The van der Waals surface area contributed by atoms with Crippen molar-refractivity contribution in [2.24, 2.45) is 7.05 Å². The molecule has 0 fully saturated rings. The van der Waals surface area contributed by atoms with Crippen molar-refractivity contribution in [2.45, 2.75) is 12.3 Å². The Bertz CT molecular complexity index is 1060. The third kappa shape index (κ3) is 4.59. The number of alkyl halides is 3. The summed E-state index contributed by atoms with van der Waals surface area (Å²) in [6.07, 6.45) is -4.79. The second-order valence-corrected chi connectivity index (χ2v) is 6.33. The van der Waals surface area contributed by atoms with E-state index >= 15 is 0 Å². The summed E-state index contributed by atoms with van der Waals surface area (Å²) in [7, 11) is 1.53. The van der Waals surface area contributed by atoms with Gasteiger partial charge in [-0.1, -0.05) is 36.4 Å². The molecular formula is C20H17F3N4O3. The molecule has 0 radical (unpaired) electrons. The fraction of sp³-hybridized carbons (Fsp3) is 0.150. The van der Waals surface area contributed by atoms with Gasteiger partial charge < -0.3 is 15.8 Å². The number of nitrogen functional groups attached to an aromatic ring is 1. The van der Waals surface area contributed by atoms with Crippen molar-refractivity contribution in [1.82, 2.24) is 9.78 Å². The number of amides is 1. The average molecular weight is 418 g/mol. The topological polar surface area (TPSA) is 99.2 Å². The molecule has 30 heavy (non-hydrogen) atoms. The van der Waals surface area contributed by atoms with E-state index in [2.05, 4.69) is 10.4 Å². The number of halogens is 3. The Balaban J connectivity index is 1.87. The van der Waals surface area contributed by atoms with E-state index in [1.165, 1.54) is 24.0 Å². The lowest BCUT2D eigenvalue weighted by Gasteiger charge is -2.18. The van der Waals surface area contributed by atoms with Crippen molar-refractivity contribution < 1.29 is 27.5 Å². The first-order valence-electron chi connectivity index (χ1n) is 8.68. The second-order valence-electron chi connectivity index (χ2n) is 6.33. The van der Waals surface area contributed by atoms with E-state index in [1.54, 1.807) is 30.3 Å². The maximum absolute atomic E-state index is 12.9. The predicted octanol–water partition coefficient (Wildman–Crippen LogP) is 3.56. The lowest BCUT2D eigenvalue weighted by Crippen LogP contribution is -2.26. The van der Waals surface area contributed by atoms with Gasteiger partial charge in [-0.05, 0) is 18.2 Å². The Morgan fingerprint density at radius 3 is 2.43 bits per heavy atom. The molecule has 0 saturated carbocycles. The van der Waals surface area contributed by atoms with Crippen molar-refractivity contribution in [3.8, 4) is 0 Å². The highest BCUT2D eigenvalue weighted by molar-refractivity contribution is 5.99. The van der Waals surface area contributed by atoms with E-state index in [0.717, 1.165) is 18.2 Å². The molecule has 1 aromatic heterocycles. The van der Waals surface area contributed by atoms with Gasteiger partial charge in [0.25, 0.3) is 5.91 Å². The molecule has 1 atom stereocenters. The Kier molecular flexibility index (Phi) is 5.77. The Morgan fingerprint density at radius 2 is 1.83 bits per heavy atom. The van der Waals surface area contributed by atoms with Gasteiger partial charge in [0, 0.05) is 18.3 Å². The third-order valence-corrected chi connectivity index (χ3v) is 4.23. The molecular weight excluding hydrogens is 401 g/mol. The summed E-state index contributed by atoms with van der Waals surface area (Å²) in [5.41, 5.74) is 5.05. The number of aromatic nitrogens is 2. The fourth-order valence-electron chi connectivity index (χ4n) is 2.66. The van der Waals surface area contributed by atoms with Crippen LogP contribution in [0.3, 0.4) is 0 Å². The number of carbonyl (C=O) groups excluding carboxylic acids is 2. The molecule has 7 nitrogen and oxygen atoms in total. The number of carbonyl (C=O) groups is 2. The highest BCUT2D eigenvalue weighted by Gasteiger charge is 2.31. The number of benzene rings is 2. The number of nitrogens with zero attached hydrogens (tertiary/aromatic N) is 2. The first-order chi connectivity index (χ1) is 14.2. The lowest BCUT2D eigenvalue weighted by molar-refractivity contribution is -0.137. The van der Waals surface area contributed by atoms with Crippen molar-refractivity contribution >= 4 is 23.4 Å². The van der Waals surface area contributed by atoms with Crippen LogP contribution in [0.15, 0.2) is 60.8 Å². The summed E-state index contributed by atoms with van der Waals surface area (Å²) in [6.45, 7) is 0. The monoisotopic (exact) mass is 418 g/mol. The zero-order valence-electron chi connectivity index (χ0n) is 15.7. The summed E-state index contributed by atoms with van der Waals surface area (Å²) in [4.78, 5) is 25.3. The molecule has 1 unspecified atom stereocenters. The van der Waals surface area contributed by atoms with Crippen LogP contribution in [0.1, 0.15) is 27.6 Å². The van der Waals surface area contributed by atoms with Gasteiger partial charge in [0.2, 0.25) is 6.10 Å². The van der Waals surface area contributed by atoms with Crippen molar-refractivity contribution in [1.29, 1.82) is 0 Å². The summed E-state index contributed by atoms with van der Waals surface area (Å²) in [5.74, 6) is -1.67. The summed E-state index contributed by atoms with van der Waals surface area (Å²) in [6, 6.07) is 12.2. The first kappa shape index (κ1) is 20.9. The molecule has 156 valence electrons. The van der Waals surface area contributed by atoms with Gasteiger partial charge in [0.1, 0.15) is 11.4 Å². The van der Waals surface area contributed by atoms with Gasteiger partial charge in [-0.25, -0.2) is 4.79 Å². The number of hydrogen-bond acceptors (Lipinski definition) is 5. The molecule has 0 aliphatic heterocycles. The van der Waals surface area contributed by atoms with Crippen LogP contribution >= 0.6 is 0 Å². The number of aryl methyl sites for hydroxylation is 1. The summed E-state index contributed by atoms with van der Waals surface area (Å²) in [5, 5.41) is 6.21. The SMILES string of the molecule is Cn1ncc(C(=O)OC(C(=O)Nc2cccc(C(F)(F)F)c2)c2ccccc2)c1N. The molecule has 1 heterocycles. The largest absolute Gasteiger partial charge is 0.444 e. The molecule has 1 amide bonds. The highest BCUT2D eigenvalue weighted by atomic mass is 19.4. The second kappa shape index (κ2) is 8.27. The molecule has 0 aliphatic rings. The van der Waals surface area contributed by atoms with Gasteiger partial charge in [0.15, 0.2) is 0 Å². The van der Waals surface area contributed by atoms with E-state index in [0.29, 0.717) is 5.56 Å². The van der Waals surface area contributed by atoms with E-state index in [4.69, 9.17) is 10.5 Å². The van der Waals surface area contributed by atoms with E-state index in [1.807, 2.05) is 0 Å². The quantitative estimate of drug-likeness (QED) is 0.618. The molecule has 2 aromatic carbocycles. The maximum Gasteiger partial charge on any atom is 0.416 e. The normalized spacial score (nSPS) is 12.3. The van der Waals surface area contributed by atoms with Crippen molar-refractivity contribution in [3.63, 3.8) is 0 Å². The van der Waals surface area contributed by atoms with E-state index < -0.39 is 29.7 Å². The third-order valence-electron chi connectivity index (χ3n) is 4.23. The molecule has 0 saturated heterocycles. The predicted molar refractivity (Wildman–Crippen MR) is 102 cm³/mol. The Labute approximate surface area is 169 Å². The Morgan fingerprint density at radius 1 is 1.13 bits per heavy atom. The highest BCUT2D eigenvalue weighted by Crippen LogP contribution is 2.31. The molecule has 0 aliphatic carbocycles. The molecule has 3 rings (SSSR count). The Hall–Kier alpha value is -3.82. The zero-order chi connectivity index (χ0) is 21.9. The minimum absolute atomic E-state index is 0.0368. The summed E-state index contributed by atoms with van der Waals surface area (Å²) < 4.78 is 45.4. The van der Waals surface area contributed by atoms with Gasteiger partial charge in [-0.2, -0.15) is 18.3 Å². The number of nitrogens with two attached hydrogens (primary N) is 1. The average Bonchev–Trinajstić information content (AvgIpc) is 3.05. The number of nitrogens with one attached hydrogen (secondary N) is 1. The molecule has 10 heteroatoms. The number of ether oxygens (including phenoxy) is 1. The number of rotatable bonds is 5. The van der Waals surface area contributed by atoms with Crippen LogP contribution in [0, 0.1) is 0 Å². The number of anilines is 2. The summed E-state index contributed by atoms with van der Waals surface area (Å²) >= 11 is 0. The van der Waals surface area contributed by atoms with Crippen molar-refractivity contribution in [3.05, 3.63) is 77.5 Å². The van der Waals surface area contributed by atoms with Crippen LogP contribution in [-0.2, 0) is 22.8 Å². The van der Waals surface area contributed by atoms with Crippen LogP contribution in [-0.4, -0.2) is 21.7 Å². The smallest absolute Gasteiger partial charge is 0.416 e. The van der Waals surface area contributed by atoms with E-state index in [-0.39, 0.29) is 17.1 Å². The standard InChI is InChI=1S/C20H17F3N4O3/c1-27-17(24)15(11-25-27)19(29)30-16(12-6-3-2-4-7-12)18(28)26-14-9-5-8-13(10-14)20(21,22)23/h2-11,16H,24H2,1H3,(H,26,28). The lowest BCUT2D eigenvalue weighted by atomic mass is 10.1. The van der Waals surface area contributed by atoms with Gasteiger partial charge in [0.05, 0.1) is 11.8 Å². The minimum Gasteiger partial charge on any atom is -0.444 e. The zero-order valence-corrected chi connectivity index (χ0v) is 15.7. The fourth-order valence-corrected chi connectivity index (χ4v) is 2.66. The van der Waals surface area contributed by atoms with Gasteiger partial charge in [-0.3, -0.25) is 9.48 Å². The molecule has 3 aromatic rings. The number of esters is 1. The molecule has 0 spiro atoms. The van der Waals surface area contributed by atoms with Crippen LogP contribution in [0.25, 0.3) is 0 Å². The minimum atomic E-state index is -4.57. The van der Waals surface area contributed by atoms with Crippen LogP contribution in [0.2, 0.25) is 0 Å². The van der Waals surface area contributed by atoms with Crippen LogP contribution < -0.4 is 11.1 Å². The van der Waals surface area contributed by atoms with Crippen LogP contribution in [0.4, 0.5) is 24.7 Å².